The van der Waals surface area contributed by atoms with Crippen molar-refractivity contribution in [2.24, 2.45) is 17.4 Å². The molecule has 5 heteroatoms. The number of primary amides is 1. The molecule has 4 nitrogen and oxygen atoms in total. The van der Waals surface area contributed by atoms with Crippen LogP contribution >= 0.6 is 0 Å². The molecule has 0 radical (unpaired) electrons. The van der Waals surface area contributed by atoms with Crippen LogP contribution in [0.25, 0.3) is 0 Å². The smallest absolute Gasteiger partial charge is 0.236 e. The van der Waals surface area contributed by atoms with E-state index in [0.717, 1.165) is 5.69 Å². The second kappa shape index (κ2) is 6.35. The van der Waals surface area contributed by atoms with Crippen LogP contribution in [0.2, 0.25) is 0 Å². The first-order valence-corrected chi connectivity index (χ1v) is 5.95. The Bertz CT molecular complexity index is 421. The average molecular weight is 253 g/mol. The minimum Gasteiger partial charge on any atom is -0.368 e. The number of amides is 1. The molecule has 0 fully saturated rings. The fourth-order valence-electron chi connectivity index (χ4n) is 1.90. The van der Waals surface area contributed by atoms with Gasteiger partial charge < -0.3 is 16.4 Å². The summed E-state index contributed by atoms with van der Waals surface area (Å²) in [4.78, 5) is 12.9. The van der Waals surface area contributed by atoms with Crippen LogP contribution < -0.4 is 16.4 Å². The maximum absolute atomic E-state index is 13.2. The molecule has 0 aliphatic heterocycles. The Kier molecular flexibility index (Phi) is 5.09. The highest BCUT2D eigenvalue weighted by molar-refractivity contribution is 5.80. The Hall–Kier alpha value is -1.62. The highest BCUT2D eigenvalue weighted by Gasteiger charge is 2.14. The number of carbonyl (C=O) groups excluding carboxylic acids is 1. The van der Waals surface area contributed by atoms with E-state index in [4.69, 9.17) is 11.5 Å². The Morgan fingerprint density at radius 2 is 2.11 bits per heavy atom. The molecule has 18 heavy (non-hydrogen) atoms. The molecule has 1 amide bonds. The van der Waals surface area contributed by atoms with Gasteiger partial charge in [-0.25, -0.2) is 4.39 Å². The van der Waals surface area contributed by atoms with E-state index in [-0.39, 0.29) is 18.9 Å². The summed E-state index contributed by atoms with van der Waals surface area (Å²) >= 11 is 0. The molecule has 0 heterocycles. The third-order valence-corrected chi connectivity index (χ3v) is 2.53. The molecule has 0 saturated carbocycles. The highest BCUT2D eigenvalue weighted by Crippen LogP contribution is 2.22. The first kappa shape index (κ1) is 14.4. The number of hydrogen-bond acceptors (Lipinski definition) is 3. The van der Waals surface area contributed by atoms with Gasteiger partial charge in [0.25, 0.3) is 0 Å². The van der Waals surface area contributed by atoms with Crippen LogP contribution in [0.5, 0.6) is 0 Å². The number of nitrogens with zero attached hydrogens (tertiary/aromatic N) is 1. The minimum atomic E-state index is -0.414. The van der Waals surface area contributed by atoms with Crippen LogP contribution in [-0.4, -0.2) is 19.0 Å². The van der Waals surface area contributed by atoms with Crippen molar-refractivity contribution in [2.45, 2.75) is 20.4 Å². The van der Waals surface area contributed by atoms with Gasteiger partial charge in [-0.05, 0) is 29.7 Å². The maximum atomic E-state index is 13.2. The third kappa shape index (κ3) is 4.00. The zero-order valence-electron chi connectivity index (χ0n) is 10.8. The standard InChI is InChI=1S/C13H20FN3O/c1-9(2)7-17(8-13(16)18)12-4-3-11(14)5-10(12)6-15/h3-5,9H,6-8,15H2,1-2H3,(H2,16,18). The molecule has 4 N–H and O–H groups in total. The van der Waals surface area contributed by atoms with Crippen LogP contribution in [-0.2, 0) is 11.3 Å². The lowest BCUT2D eigenvalue weighted by Gasteiger charge is -2.27. The van der Waals surface area contributed by atoms with Gasteiger partial charge in [-0.1, -0.05) is 13.8 Å². The first-order chi connectivity index (χ1) is 8.43. The van der Waals surface area contributed by atoms with Gasteiger partial charge in [-0.15, -0.1) is 0 Å². The van der Waals surface area contributed by atoms with Crippen molar-refractivity contribution in [3.63, 3.8) is 0 Å². The predicted octanol–water partition coefficient (Wildman–Crippen LogP) is 1.23. The third-order valence-electron chi connectivity index (χ3n) is 2.53. The summed E-state index contributed by atoms with van der Waals surface area (Å²) in [6, 6.07) is 4.40. The molecule has 1 rings (SSSR count). The predicted molar refractivity (Wildman–Crippen MR) is 70.5 cm³/mol. The average Bonchev–Trinajstić information content (AvgIpc) is 2.26. The quantitative estimate of drug-likeness (QED) is 0.801. The lowest BCUT2D eigenvalue weighted by atomic mass is 10.1. The molecule has 0 unspecified atom stereocenters. The van der Waals surface area contributed by atoms with E-state index in [2.05, 4.69) is 0 Å². The van der Waals surface area contributed by atoms with Crippen molar-refractivity contribution in [3.05, 3.63) is 29.6 Å². The lowest BCUT2D eigenvalue weighted by molar-refractivity contribution is -0.116. The van der Waals surface area contributed by atoms with E-state index in [1.807, 2.05) is 18.7 Å². The SMILES string of the molecule is CC(C)CN(CC(N)=O)c1ccc(F)cc1CN. The molecule has 100 valence electrons. The maximum Gasteiger partial charge on any atom is 0.236 e. The Morgan fingerprint density at radius 1 is 1.44 bits per heavy atom. The molecule has 0 atom stereocenters. The van der Waals surface area contributed by atoms with Gasteiger partial charge in [0.05, 0.1) is 6.54 Å². The molecule has 0 bridgehead atoms. The van der Waals surface area contributed by atoms with Gasteiger partial charge in [-0.3, -0.25) is 4.79 Å². The van der Waals surface area contributed by atoms with Crippen molar-refractivity contribution in [2.75, 3.05) is 18.0 Å². The molecule has 1 aromatic rings. The van der Waals surface area contributed by atoms with E-state index >= 15 is 0 Å². The minimum absolute atomic E-state index is 0.108. The normalized spacial score (nSPS) is 10.7. The highest BCUT2D eigenvalue weighted by atomic mass is 19.1. The van der Waals surface area contributed by atoms with Crippen molar-refractivity contribution in [1.82, 2.24) is 0 Å². The van der Waals surface area contributed by atoms with Crippen molar-refractivity contribution >= 4 is 11.6 Å². The van der Waals surface area contributed by atoms with Crippen molar-refractivity contribution in [3.8, 4) is 0 Å². The molecule has 0 aromatic heterocycles. The van der Waals surface area contributed by atoms with Crippen molar-refractivity contribution < 1.29 is 9.18 Å². The van der Waals surface area contributed by atoms with Crippen molar-refractivity contribution in [1.29, 1.82) is 0 Å². The number of nitrogens with two attached hydrogens (primary N) is 2. The summed E-state index contributed by atoms with van der Waals surface area (Å²) in [5, 5.41) is 0. The van der Waals surface area contributed by atoms with E-state index in [1.54, 1.807) is 6.07 Å². The van der Waals surface area contributed by atoms with Crippen LogP contribution in [0, 0.1) is 11.7 Å². The molecule has 1 aromatic carbocycles. The summed E-state index contributed by atoms with van der Waals surface area (Å²) in [6.45, 7) is 5.08. The van der Waals surface area contributed by atoms with E-state index in [1.165, 1.54) is 12.1 Å². The van der Waals surface area contributed by atoms with Crippen LogP contribution in [0.3, 0.4) is 0 Å². The molecule has 0 saturated heterocycles. The van der Waals surface area contributed by atoms with Crippen LogP contribution in [0.1, 0.15) is 19.4 Å². The first-order valence-electron chi connectivity index (χ1n) is 5.95. The zero-order valence-corrected chi connectivity index (χ0v) is 10.8. The molecule has 0 aliphatic rings. The van der Waals surface area contributed by atoms with Gasteiger partial charge in [0, 0.05) is 18.8 Å². The number of anilines is 1. The Balaban J connectivity index is 3.06. The monoisotopic (exact) mass is 253 g/mol. The van der Waals surface area contributed by atoms with Gasteiger partial charge >= 0.3 is 0 Å². The van der Waals surface area contributed by atoms with Gasteiger partial charge in [0.1, 0.15) is 5.82 Å². The summed E-state index contributed by atoms with van der Waals surface area (Å²) < 4.78 is 13.2. The number of halogens is 1. The number of rotatable bonds is 6. The van der Waals surface area contributed by atoms with Gasteiger partial charge in [-0.2, -0.15) is 0 Å². The van der Waals surface area contributed by atoms with E-state index in [9.17, 15) is 9.18 Å². The summed E-state index contributed by atoms with van der Waals surface area (Å²) in [5.74, 6) is -0.384. The Morgan fingerprint density at radius 3 is 2.61 bits per heavy atom. The number of carbonyl (C=O) groups is 1. The molecular formula is C13H20FN3O. The Labute approximate surface area is 107 Å². The fraction of sp³-hybridized carbons (Fsp3) is 0.462. The fourth-order valence-corrected chi connectivity index (χ4v) is 1.90. The molecule has 0 spiro atoms. The van der Waals surface area contributed by atoms with Gasteiger partial charge in [0.2, 0.25) is 5.91 Å². The summed E-state index contributed by atoms with van der Waals surface area (Å²) in [7, 11) is 0. The summed E-state index contributed by atoms with van der Waals surface area (Å²) in [5.41, 5.74) is 12.3. The molecular weight excluding hydrogens is 233 g/mol. The zero-order chi connectivity index (χ0) is 13.7. The number of benzene rings is 1. The second-order valence-electron chi connectivity index (χ2n) is 4.72. The topological polar surface area (TPSA) is 72.3 Å². The van der Waals surface area contributed by atoms with E-state index < -0.39 is 5.91 Å². The lowest BCUT2D eigenvalue weighted by Crippen LogP contribution is -2.37. The van der Waals surface area contributed by atoms with E-state index in [0.29, 0.717) is 18.0 Å². The molecule has 0 aliphatic carbocycles. The van der Waals surface area contributed by atoms with Crippen LogP contribution in [0.4, 0.5) is 10.1 Å². The number of hydrogen-bond donors (Lipinski definition) is 2. The second-order valence-corrected chi connectivity index (χ2v) is 4.72. The summed E-state index contributed by atoms with van der Waals surface area (Å²) in [6.07, 6.45) is 0. The van der Waals surface area contributed by atoms with Gasteiger partial charge in [0.15, 0.2) is 0 Å². The largest absolute Gasteiger partial charge is 0.368 e. The van der Waals surface area contributed by atoms with Crippen LogP contribution in [0.15, 0.2) is 18.2 Å².